The van der Waals surface area contributed by atoms with Crippen LogP contribution < -0.4 is 25.2 Å². The van der Waals surface area contributed by atoms with Crippen LogP contribution in [0.25, 0.3) is 22.5 Å². The topological polar surface area (TPSA) is 112 Å². The number of aryl methyl sites for hydroxylation is 2. The third-order valence-electron chi connectivity index (χ3n) is 10.6. The summed E-state index contributed by atoms with van der Waals surface area (Å²) in [6, 6.07) is 17.1. The predicted molar refractivity (Wildman–Crippen MR) is 200 cm³/mol. The van der Waals surface area contributed by atoms with Gasteiger partial charge in [-0.15, -0.1) is 0 Å². The number of hydrogen-bond donors (Lipinski definition) is 0. The molecule has 4 bridgehead atoms. The zero-order chi connectivity index (χ0) is 35.4. The summed E-state index contributed by atoms with van der Waals surface area (Å²) < 4.78 is 12.9. The van der Waals surface area contributed by atoms with Gasteiger partial charge in [0.05, 0.1) is 36.3 Å². The fraction of sp³-hybridized carbons (Fsp3) is 0.475. The van der Waals surface area contributed by atoms with E-state index in [1.807, 2.05) is 54.1 Å². The number of ether oxygens (including phenoxy) is 2. The molecule has 0 aromatic carbocycles. The smallest absolute Gasteiger partial charge is 0.326 e. The monoisotopic (exact) mass is 702 g/mol. The SMILES string of the molecule is C1CCOCC1.Cc1cc(-c2ccc3c(n2)=N[C@H]2CC[N+]=3C2)ccn1.Cc1cc(-c2ccc3c(n2)N(C(=O)N2CCOCC2)[C@H]2CCN3C2)ccn1. The van der Waals surface area contributed by atoms with E-state index in [2.05, 4.69) is 43.7 Å². The van der Waals surface area contributed by atoms with E-state index in [1.54, 1.807) is 6.20 Å². The highest BCUT2D eigenvalue weighted by Crippen LogP contribution is 2.40. The highest BCUT2D eigenvalue weighted by Gasteiger charge is 2.42. The number of anilines is 2. The molecule has 0 radical (unpaired) electrons. The average molecular weight is 703 g/mol. The summed E-state index contributed by atoms with van der Waals surface area (Å²) in [5.74, 6) is 0.784. The Labute approximate surface area is 304 Å². The van der Waals surface area contributed by atoms with Crippen LogP contribution in [0, 0.1) is 13.8 Å². The van der Waals surface area contributed by atoms with Crippen LogP contribution in [0.3, 0.4) is 0 Å². The van der Waals surface area contributed by atoms with Gasteiger partial charge in [0.25, 0.3) is 0 Å². The average Bonchev–Trinajstić information content (AvgIpc) is 3.80. The highest BCUT2D eigenvalue weighted by atomic mass is 16.5. The summed E-state index contributed by atoms with van der Waals surface area (Å²) in [5, 5.41) is 1.18. The molecule has 2 atom stereocenters. The van der Waals surface area contributed by atoms with Crippen LogP contribution in [0.2, 0.25) is 0 Å². The van der Waals surface area contributed by atoms with E-state index in [-0.39, 0.29) is 12.1 Å². The Morgan fingerprint density at radius 2 is 1.48 bits per heavy atom. The number of hydrogen-bond acceptors (Lipinski definition) is 9. The summed E-state index contributed by atoms with van der Waals surface area (Å²) in [6.45, 7) is 12.5. The van der Waals surface area contributed by atoms with E-state index in [1.165, 1.54) is 24.6 Å². The van der Waals surface area contributed by atoms with Gasteiger partial charge in [-0.25, -0.2) is 19.3 Å². The van der Waals surface area contributed by atoms with Crippen molar-refractivity contribution in [3.05, 3.63) is 83.2 Å². The van der Waals surface area contributed by atoms with Gasteiger partial charge in [0.15, 0.2) is 12.4 Å². The molecule has 0 N–H and O–H groups in total. The Morgan fingerprint density at radius 1 is 0.788 bits per heavy atom. The second kappa shape index (κ2) is 15.4. The molecule has 10 rings (SSSR count). The number of fused-ring (bicyclic) bond motifs is 7. The van der Waals surface area contributed by atoms with Crippen LogP contribution in [0.5, 0.6) is 0 Å². The number of carbonyl (C=O) groups excluding carboxylic acids is 1. The molecule has 0 spiro atoms. The first-order valence-electron chi connectivity index (χ1n) is 18.8. The zero-order valence-electron chi connectivity index (χ0n) is 30.3. The van der Waals surface area contributed by atoms with Crippen molar-refractivity contribution in [2.75, 3.05) is 75.5 Å². The molecule has 6 aliphatic heterocycles. The summed E-state index contributed by atoms with van der Waals surface area (Å²) in [7, 11) is 0. The second-order valence-corrected chi connectivity index (χ2v) is 14.3. The van der Waals surface area contributed by atoms with Gasteiger partial charge in [0.2, 0.25) is 10.8 Å². The molecule has 0 saturated carbocycles. The number of carbonyl (C=O) groups is 1. The molecule has 12 heteroatoms. The van der Waals surface area contributed by atoms with E-state index in [4.69, 9.17) is 24.4 Å². The van der Waals surface area contributed by atoms with E-state index in [0.717, 1.165) is 103 Å². The first kappa shape index (κ1) is 34.3. The Morgan fingerprint density at radius 3 is 2.15 bits per heavy atom. The minimum Gasteiger partial charge on any atom is -0.381 e. The summed E-state index contributed by atoms with van der Waals surface area (Å²) in [5.41, 5.74) is 7.92. The molecular formula is C40H48N9O3+. The predicted octanol–water partition coefficient (Wildman–Crippen LogP) is 3.84. The first-order valence-corrected chi connectivity index (χ1v) is 18.8. The van der Waals surface area contributed by atoms with E-state index in [0.29, 0.717) is 32.3 Å². The fourth-order valence-electron chi connectivity index (χ4n) is 7.80. The lowest BCUT2D eigenvalue weighted by Crippen LogP contribution is -2.54. The fourth-order valence-corrected chi connectivity index (χ4v) is 7.80. The van der Waals surface area contributed by atoms with Crippen molar-refractivity contribution < 1.29 is 14.3 Å². The second-order valence-electron chi connectivity index (χ2n) is 14.3. The van der Waals surface area contributed by atoms with Crippen molar-refractivity contribution in [3.63, 3.8) is 0 Å². The Balaban J connectivity index is 0.000000134. The third-order valence-corrected chi connectivity index (χ3v) is 10.6. The lowest BCUT2D eigenvalue weighted by atomic mass is 10.1. The molecule has 4 aromatic heterocycles. The summed E-state index contributed by atoms with van der Waals surface area (Å²) >= 11 is 0. The quantitative estimate of drug-likeness (QED) is 0.290. The van der Waals surface area contributed by atoms with Crippen molar-refractivity contribution in [2.24, 2.45) is 4.99 Å². The summed E-state index contributed by atoms with van der Waals surface area (Å²) in [4.78, 5) is 42.4. The lowest BCUT2D eigenvalue weighted by Gasteiger charge is -2.39. The van der Waals surface area contributed by atoms with Gasteiger partial charge in [-0.3, -0.25) is 19.9 Å². The molecular weight excluding hydrogens is 654 g/mol. The van der Waals surface area contributed by atoms with Gasteiger partial charge in [-0.05, 0) is 82.0 Å². The van der Waals surface area contributed by atoms with Crippen LogP contribution in [-0.2, 0) is 9.47 Å². The molecule has 4 saturated heterocycles. The number of pyridine rings is 4. The third kappa shape index (κ3) is 7.40. The van der Waals surface area contributed by atoms with Crippen molar-refractivity contribution in [1.82, 2.24) is 29.4 Å². The minimum absolute atomic E-state index is 0.0571. The molecule has 4 aromatic rings. The van der Waals surface area contributed by atoms with Gasteiger partial charge in [-0.1, -0.05) is 0 Å². The number of morpholine rings is 1. The van der Waals surface area contributed by atoms with Gasteiger partial charge in [-0.2, -0.15) is 0 Å². The maximum Gasteiger partial charge on any atom is 0.326 e. The van der Waals surface area contributed by atoms with Crippen LogP contribution in [0.1, 0.15) is 43.5 Å². The molecule has 270 valence electrons. The Hall–Kier alpha value is -4.81. The van der Waals surface area contributed by atoms with E-state index in [9.17, 15) is 4.79 Å². The van der Waals surface area contributed by atoms with Crippen molar-refractivity contribution >= 4 is 17.5 Å². The van der Waals surface area contributed by atoms with Crippen LogP contribution in [0.4, 0.5) is 16.3 Å². The molecule has 0 unspecified atom stereocenters. The maximum atomic E-state index is 13.3. The number of aromatic nitrogens is 4. The first-order chi connectivity index (χ1) is 25.5. The molecule has 52 heavy (non-hydrogen) atoms. The molecule has 10 heterocycles. The highest BCUT2D eigenvalue weighted by molar-refractivity contribution is 5.97. The van der Waals surface area contributed by atoms with Gasteiger partial charge in [0.1, 0.15) is 12.6 Å². The Bertz CT molecular complexity index is 2030. The van der Waals surface area contributed by atoms with E-state index < -0.39 is 0 Å². The lowest BCUT2D eigenvalue weighted by molar-refractivity contribution is 0.0544. The van der Waals surface area contributed by atoms with Gasteiger partial charge >= 0.3 is 6.03 Å². The van der Waals surface area contributed by atoms with Crippen LogP contribution in [0.15, 0.2) is 65.9 Å². The number of rotatable bonds is 2. The van der Waals surface area contributed by atoms with Crippen LogP contribution in [-0.4, -0.2) is 109 Å². The standard InChI is InChI=1S/C20H23N5O2.C15H15N4.C5H10O/c1-14-12-15(4-6-21-14)17-2-3-18-19(22-17)25(16-5-7-24(18)13-16)20(26)23-8-10-27-11-9-23;1-10-8-11(4-6-16-10)13-2-3-14-15(18-13)17-12-5-7-19(14)9-12;1-2-4-6-5-3-1/h2-4,6,12,16H,5,7-11,13H2,1H3;2-4,6,8,12H,5,7,9H2,1H3;1-5H2/q;+1;/t16-;12-;/m00./s1. The van der Waals surface area contributed by atoms with Gasteiger partial charge < -0.3 is 19.3 Å². The largest absolute Gasteiger partial charge is 0.381 e. The van der Waals surface area contributed by atoms with Crippen molar-refractivity contribution in [1.29, 1.82) is 0 Å². The molecule has 2 amide bonds. The Kier molecular flexibility index (Phi) is 10.2. The number of nitrogens with zero attached hydrogens (tertiary/aromatic N) is 9. The van der Waals surface area contributed by atoms with E-state index >= 15 is 0 Å². The molecule has 0 aliphatic carbocycles. The number of amides is 2. The normalized spacial score (nSPS) is 21.2. The van der Waals surface area contributed by atoms with Gasteiger partial charge in [0, 0.05) is 86.8 Å². The number of urea groups is 1. The molecule has 4 fully saturated rings. The molecule has 12 nitrogen and oxygen atoms in total. The molecule has 6 aliphatic rings. The minimum atomic E-state index is 0.0571. The van der Waals surface area contributed by atoms with Crippen molar-refractivity contribution in [3.8, 4) is 22.5 Å². The van der Waals surface area contributed by atoms with Crippen molar-refractivity contribution in [2.45, 2.75) is 58.0 Å². The van der Waals surface area contributed by atoms with Crippen LogP contribution >= 0.6 is 0 Å². The summed E-state index contributed by atoms with van der Waals surface area (Å²) in [6.07, 6.45) is 9.70. The zero-order valence-corrected chi connectivity index (χ0v) is 30.3. The maximum absolute atomic E-state index is 13.3.